The summed E-state index contributed by atoms with van der Waals surface area (Å²) in [7, 11) is 0. The molecule has 1 atom stereocenters. The molecule has 12 heteroatoms. The Morgan fingerprint density at radius 2 is 1.97 bits per heavy atom. The van der Waals surface area contributed by atoms with Crippen molar-refractivity contribution < 1.29 is 24.2 Å². The summed E-state index contributed by atoms with van der Waals surface area (Å²) in [6.07, 6.45) is 0.976. The highest BCUT2D eigenvalue weighted by Gasteiger charge is 2.36. The van der Waals surface area contributed by atoms with Crippen molar-refractivity contribution in [2.75, 3.05) is 44.7 Å². The number of fused-ring (bicyclic) bond motifs is 3. The molecular weight excluding hydrogens is 496 g/mol. The maximum Gasteiger partial charge on any atom is 0.333 e. The highest BCUT2D eigenvalue weighted by molar-refractivity contribution is 7.17. The van der Waals surface area contributed by atoms with E-state index in [-0.39, 0.29) is 11.7 Å². The van der Waals surface area contributed by atoms with E-state index in [2.05, 4.69) is 20.9 Å². The predicted molar refractivity (Wildman–Crippen MR) is 136 cm³/mol. The maximum atomic E-state index is 13.6. The molecule has 0 bridgehead atoms. The van der Waals surface area contributed by atoms with Crippen LogP contribution in [0.1, 0.15) is 38.4 Å². The van der Waals surface area contributed by atoms with Crippen molar-refractivity contribution in [3.8, 4) is 21.8 Å². The third kappa shape index (κ3) is 4.42. The number of nitrogens with zero attached hydrogens (tertiary/aromatic N) is 3. The molecule has 11 nitrogen and oxygen atoms in total. The molecule has 3 aliphatic rings. The minimum absolute atomic E-state index is 0.126. The first-order valence-corrected chi connectivity index (χ1v) is 13.1. The molecule has 2 saturated heterocycles. The molecule has 3 aromatic rings. The Morgan fingerprint density at radius 3 is 2.78 bits per heavy atom. The van der Waals surface area contributed by atoms with Gasteiger partial charge in [-0.2, -0.15) is 5.10 Å². The Bertz CT molecular complexity index is 1380. The lowest BCUT2D eigenvalue weighted by atomic mass is 10.1. The quantitative estimate of drug-likeness (QED) is 0.322. The number of morpholine rings is 1. The van der Waals surface area contributed by atoms with Gasteiger partial charge < -0.3 is 20.1 Å². The van der Waals surface area contributed by atoms with E-state index in [1.54, 1.807) is 40.2 Å². The van der Waals surface area contributed by atoms with Gasteiger partial charge in [0.05, 0.1) is 51.6 Å². The summed E-state index contributed by atoms with van der Waals surface area (Å²) in [5.41, 5.74) is 5.71. The van der Waals surface area contributed by atoms with Gasteiger partial charge in [0.15, 0.2) is 5.78 Å². The number of urea groups is 1. The van der Waals surface area contributed by atoms with Crippen LogP contribution in [0.5, 0.6) is 0 Å². The number of β-amino-alcohol motifs (C(OH)–C–C–N with tert-alkyl or cyclic N) is 1. The number of benzene rings is 1. The van der Waals surface area contributed by atoms with E-state index in [1.165, 1.54) is 11.3 Å². The summed E-state index contributed by atoms with van der Waals surface area (Å²) in [5, 5.41) is 21.9. The largest absolute Gasteiger partial charge is 0.391 e. The zero-order valence-electron chi connectivity index (χ0n) is 20.0. The molecule has 37 heavy (non-hydrogen) atoms. The predicted octanol–water partition coefficient (Wildman–Crippen LogP) is 2.32. The van der Waals surface area contributed by atoms with Crippen LogP contribution in [0.25, 0.3) is 21.8 Å². The van der Waals surface area contributed by atoms with Crippen molar-refractivity contribution in [2.24, 2.45) is 0 Å². The minimum atomic E-state index is -0.497. The highest BCUT2D eigenvalue weighted by atomic mass is 32.1. The lowest BCUT2D eigenvalue weighted by molar-refractivity contribution is 0.0207. The van der Waals surface area contributed by atoms with Gasteiger partial charge >= 0.3 is 6.03 Å². The van der Waals surface area contributed by atoms with Gasteiger partial charge in [-0.3, -0.25) is 20.1 Å². The summed E-state index contributed by atoms with van der Waals surface area (Å²) >= 11 is 1.28. The van der Waals surface area contributed by atoms with Gasteiger partial charge in [0, 0.05) is 31.7 Å². The van der Waals surface area contributed by atoms with Crippen LogP contribution in [0.2, 0.25) is 0 Å². The van der Waals surface area contributed by atoms with E-state index in [4.69, 9.17) is 4.74 Å². The minimum Gasteiger partial charge on any atom is -0.391 e. The van der Waals surface area contributed by atoms with Gasteiger partial charge in [-0.05, 0) is 31.0 Å². The van der Waals surface area contributed by atoms with Crippen LogP contribution in [-0.4, -0.2) is 88.4 Å². The van der Waals surface area contributed by atoms with Gasteiger partial charge in [-0.15, -0.1) is 11.3 Å². The van der Waals surface area contributed by atoms with Crippen molar-refractivity contribution in [1.29, 1.82) is 0 Å². The van der Waals surface area contributed by atoms with Gasteiger partial charge in [-0.25, -0.2) is 9.80 Å². The Labute approximate surface area is 216 Å². The molecule has 2 fully saturated rings. The lowest BCUT2D eigenvalue weighted by Crippen LogP contribution is -2.49. The number of amides is 3. The van der Waals surface area contributed by atoms with Crippen LogP contribution in [0, 0.1) is 0 Å². The fourth-order valence-corrected chi connectivity index (χ4v) is 5.99. The molecule has 192 valence electrons. The number of aliphatic hydroxyl groups excluding tert-OH is 1. The Morgan fingerprint density at radius 1 is 1.14 bits per heavy atom. The van der Waals surface area contributed by atoms with Crippen LogP contribution in [0.3, 0.4) is 0 Å². The molecule has 4 N–H and O–H groups in total. The first-order valence-electron chi connectivity index (χ1n) is 12.2. The number of piperidine rings is 1. The number of ether oxygens (including phenoxy) is 1. The molecule has 0 spiro atoms. The number of carbonyl (C=O) groups excluding carboxylic acids is 3. The van der Waals surface area contributed by atoms with Crippen molar-refractivity contribution in [1.82, 2.24) is 25.5 Å². The Hall–Kier alpha value is -3.58. The van der Waals surface area contributed by atoms with Crippen molar-refractivity contribution >= 4 is 34.7 Å². The lowest BCUT2D eigenvalue weighted by Gasteiger charge is -2.29. The van der Waals surface area contributed by atoms with Crippen molar-refractivity contribution in [2.45, 2.75) is 18.9 Å². The van der Waals surface area contributed by atoms with Crippen LogP contribution < -0.4 is 10.7 Å². The zero-order chi connectivity index (χ0) is 25.5. The number of thiophene rings is 1. The molecule has 0 radical (unpaired) electrons. The van der Waals surface area contributed by atoms with E-state index < -0.39 is 12.1 Å². The molecule has 6 rings (SSSR count). The van der Waals surface area contributed by atoms with E-state index in [0.29, 0.717) is 84.5 Å². The van der Waals surface area contributed by atoms with Gasteiger partial charge in [-0.1, -0.05) is 12.1 Å². The SMILES string of the molecule is O=C(Nc1cccc2c1C(=O)c1c-2n[nH]c1-c1ccc(C(=O)N2CCCC(O)C2)s1)NN1CCOCC1. The molecule has 2 aliphatic heterocycles. The van der Waals surface area contributed by atoms with Crippen LogP contribution in [-0.2, 0) is 4.74 Å². The standard InChI is InChI=1S/C25H26N6O5S/c32-14-3-2-8-30(13-14)24(34)18-7-6-17(37-18)22-20-21(27-28-22)15-4-1-5-16(19(15)23(20)33)26-25(35)29-31-9-11-36-12-10-31/h1,4-7,14,32H,2-3,8-13H2,(H,27,28)(H2,26,29,35). The Kier molecular flexibility index (Phi) is 6.24. The number of carbonyl (C=O) groups is 3. The first kappa shape index (κ1) is 23.8. The zero-order valence-corrected chi connectivity index (χ0v) is 20.8. The van der Waals surface area contributed by atoms with Gasteiger partial charge in [0.2, 0.25) is 0 Å². The third-order valence-electron chi connectivity index (χ3n) is 6.81. The summed E-state index contributed by atoms with van der Waals surface area (Å²) in [4.78, 5) is 42.1. The fourth-order valence-electron chi connectivity index (χ4n) is 5.01. The number of nitrogens with one attached hydrogen (secondary N) is 3. The number of likely N-dealkylation sites (tertiary alicyclic amines) is 1. The second kappa shape index (κ2) is 9.71. The van der Waals surface area contributed by atoms with E-state index >= 15 is 0 Å². The number of rotatable bonds is 4. The molecular formula is C25H26N6O5S. The molecule has 2 aromatic heterocycles. The summed E-state index contributed by atoms with van der Waals surface area (Å²) < 4.78 is 5.30. The average Bonchev–Trinajstić information content (AvgIpc) is 3.61. The molecule has 4 heterocycles. The smallest absolute Gasteiger partial charge is 0.333 e. The van der Waals surface area contributed by atoms with Crippen LogP contribution >= 0.6 is 11.3 Å². The van der Waals surface area contributed by atoms with Gasteiger partial charge in [0.1, 0.15) is 5.69 Å². The number of aliphatic hydroxyl groups is 1. The number of H-pyrrole nitrogens is 1. The van der Waals surface area contributed by atoms with Crippen LogP contribution in [0.4, 0.5) is 10.5 Å². The normalized spacial score (nSPS) is 19.4. The first-order chi connectivity index (χ1) is 18.0. The highest BCUT2D eigenvalue weighted by Crippen LogP contribution is 2.44. The molecule has 0 saturated carbocycles. The fraction of sp³-hybridized carbons (Fsp3) is 0.360. The maximum absolute atomic E-state index is 13.6. The van der Waals surface area contributed by atoms with E-state index in [0.717, 1.165) is 11.3 Å². The monoisotopic (exact) mass is 522 g/mol. The van der Waals surface area contributed by atoms with Crippen molar-refractivity contribution in [3.05, 3.63) is 46.3 Å². The molecule has 3 amide bonds. The molecule has 1 aliphatic carbocycles. The molecule has 1 unspecified atom stereocenters. The van der Waals surface area contributed by atoms with Gasteiger partial charge in [0.25, 0.3) is 5.91 Å². The third-order valence-corrected chi connectivity index (χ3v) is 7.90. The number of ketones is 1. The Balaban J connectivity index is 1.23. The number of hydrogen-bond acceptors (Lipinski definition) is 8. The molecule has 1 aromatic carbocycles. The number of hydrazine groups is 1. The van der Waals surface area contributed by atoms with Crippen LogP contribution in [0.15, 0.2) is 30.3 Å². The van der Waals surface area contributed by atoms with E-state index in [1.807, 2.05) is 0 Å². The number of aromatic amines is 1. The summed E-state index contributed by atoms with van der Waals surface area (Å²) in [5.74, 6) is -0.366. The topological polar surface area (TPSA) is 140 Å². The summed E-state index contributed by atoms with van der Waals surface area (Å²) in [6.45, 7) is 3.20. The number of hydrogen-bond donors (Lipinski definition) is 4. The number of aromatic nitrogens is 2. The van der Waals surface area contributed by atoms with E-state index in [9.17, 15) is 19.5 Å². The number of anilines is 1. The second-order valence-corrected chi connectivity index (χ2v) is 10.3. The van der Waals surface area contributed by atoms with Crippen molar-refractivity contribution in [3.63, 3.8) is 0 Å². The summed E-state index contributed by atoms with van der Waals surface area (Å²) in [6, 6.07) is 8.39. The average molecular weight is 523 g/mol. The second-order valence-electron chi connectivity index (χ2n) is 9.26.